The number of Topliss-reactive ketones (excluding diaryl/α,β-unsaturated/α-hetero) is 1. The molecule has 0 radical (unpaired) electrons. The minimum Gasteiger partial charge on any atom is -0.392 e. The lowest BCUT2D eigenvalue weighted by atomic mass is 9.83. The van der Waals surface area contributed by atoms with E-state index in [1.165, 1.54) is 5.57 Å². The van der Waals surface area contributed by atoms with Gasteiger partial charge in [-0.3, -0.25) is 9.59 Å². The van der Waals surface area contributed by atoms with Crippen molar-refractivity contribution < 1.29 is 14.7 Å². The van der Waals surface area contributed by atoms with Crippen LogP contribution in [0.15, 0.2) is 11.1 Å². The number of hydrogen-bond donors (Lipinski definition) is 1. The van der Waals surface area contributed by atoms with Gasteiger partial charge in [-0.25, -0.2) is 0 Å². The minimum atomic E-state index is -0.562. The molecular weight excluding hydrogens is 254 g/mol. The van der Waals surface area contributed by atoms with Gasteiger partial charge in [0.05, 0.1) is 6.10 Å². The van der Waals surface area contributed by atoms with Crippen molar-refractivity contribution in [3.8, 4) is 0 Å². The zero-order valence-corrected chi connectivity index (χ0v) is 12.1. The topological polar surface area (TPSA) is 57.6 Å². The molecule has 0 aromatic heterocycles. The lowest BCUT2D eigenvalue weighted by molar-refractivity contribution is -0.133. The number of amides is 1. The second kappa shape index (κ2) is 5.32. The number of ketones is 1. The van der Waals surface area contributed by atoms with Crippen LogP contribution in [0.3, 0.4) is 0 Å². The molecule has 0 aromatic carbocycles. The van der Waals surface area contributed by atoms with Crippen molar-refractivity contribution in [3.05, 3.63) is 11.1 Å². The number of hydrogen-bond acceptors (Lipinski definition) is 3. The molecule has 1 N–H and O–H groups in total. The molecular formula is C16H23NO3. The predicted molar refractivity (Wildman–Crippen MR) is 75.0 cm³/mol. The Kier molecular flexibility index (Phi) is 3.67. The van der Waals surface area contributed by atoms with Crippen molar-refractivity contribution in [2.45, 2.75) is 51.6 Å². The summed E-state index contributed by atoms with van der Waals surface area (Å²) in [5.74, 6) is 0.281. The van der Waals surface area contributed by atoms with Gasteiger partial charge in [0.15, 0.2) is 5.78 Å². The molecule has 4 heteroatoms. The first-order chi connectivity index (χ1) is 9.58. The Morgan fingerprint density at radius 1 is 1.10 bits per heavy atom. The van der Waals surface area contributed by atoms with Crippen LogP contribution in [0.5, 0.6) is 0 Å². The zero-order chi connectivity index (χ0) is 14.3. The normalized spacial score (nSPS) is 35.3. The van der Waals surface area contributed by atoms with Gasteiger partial charge < -0.3 is 10.0 Å². The average Bonchev–Trinajstić information content (AvgIpc) is 2.76. The Morgan fingerprint density at radius 2 is 1.80 bits per heavy atom. The third-order valence-corrected chi connectivity index (χ3v) is 5.15. The molecule has 2 heterocycles. The molecule has 2 aliphatic heterocycles. The van der Waals surface area contributed by atoms with Gasteiger partial charge in [0.1, 0.15) is 0 Å². The smallest absolute Gasteiger partial charge is 0.222 e. The molecule has 0 saturated carbocycles. The van der Waals surface area contributed by atoms with Crippen LogP contribution in [-0.4, -0.2) is 40.9 Å². The van der Waals surface area contributed by atoms with Crippen LogP contribution < -0.4 is 0 Å². The van der Waals surface area contributed by atoms with E-state index >= 15 is 0 Å². The third-order valence-electron chi connectivity index (χ3n) is 5.15. The Hall–Kier alpha value is -1.16. The minimum absolute atomic E-state index is 0.0371. The monoisotopic (exact) mass is 277 g/mol. The Balaban J connectivity index is 2.00. The molecule has 110 valence electrons. The first-order valence-corrected chi connectivity index (χ1v) is 7.79. The van der Waals surface area contributed by atoms with Crippen LogP contribution in [-0.2, 0) is 9.59 Å². The molecule has 1 aliphatic carbocycles. The van der Waals surface area contributed by atoms with E-state index in [2.05, 4.69) is 0 Å². The summed E-state index contributed by atoms with van der Waals surface area (Å²) < 4.78 is 0. The van der Waals surface area contributed by atoms with Gasteiger partial charge in [-0.1, -0.05) is 12.5 Å². The number of allylic oxidation sites excluding steroid dienone is 1. The van der Waals surface area contributed by atoms with Crippen molar-refractivity contribution >= 4 is 11.7 Å². The summed E-state index contributed by atoms with van der Waals surface area (Å²) in [6.07, 6.45) is 3.70. The Morgan fingerprint density at radius 3 is 2.55 bits per heavy atom. The number of nitrogens with zero attached hydrogens (tertiary/aromatic N) is 1. The Bertz CT molecular complexity index is 468. The maximum Gasteiger partial charge on any atom is 0.222 e. The molecule has 20 heavy (non-hydrogen) atoms. The fraction of sp³-hybridized carbons (Fsp3) is 0.750. The van der Waals surface area contributed by atoms with Crippen molar-refractivity contribution in [2.75, 3.05) is 13.1 Å². The van der Waals surface area contributed by atoms with Gasteiger partial charge in [-0.2, -0.15) is 0 Å². The number of carbonyl (C=O) groups excluding carboxylic acids is 2. The summed E-state index contributed by atoms with van der Waals surface area (Å²) >= 11 is 0. The molecule has 0 aromatic rings. The van der Waals surface area contributed by atoms with E-state index < -0.39 is 6.10 Å². The van der Waals surface area contributed by atoms with Gasteiger partial charge in [-0.05, 0) is 37.2 Å². The summed E-state index contributed by atoms with van der Waals surface area (Å²) in [5.41, 5.74) is 2.17. The maximum atomic E-state index is 12.3. The summed E-state index contributed by atoms with van der Waals surface area (Å²) in [5, 5.41) is 10.6. The molecule has 0 spiro atoms. The van der Waals surface area contributed by atoms with Gasteiger partial charge in [0, 0.05) is 31.8 Å². The zero-order valence-electron chi connectivity index (χ0n) is 12.1. The first-order valence-electron chi connectivity index (χ1n) is 7.79. The van der Waals surface area contributed by atoms with Crippen molar-refractivity contribution in [3.63, 3.8) is 0 Å². The standard InChI is InChI=1S/C16H23NO3/c1-10-8-15(19)17-6-2-4-11-12(5-3-7-17)14(18)9-13(11)16(10)20/h10,13,16,20H,2-9H2,1H3. The van der Waals surface area contributed by atoms with Crippen molar-refractivity contribution in [1.29, 1.82) is 0 Å². The molecule has 3 atom stereocenters. The Labute approximate surface area is 119 Å². The van der Waals surface area contributed by atoms with Crippen LogP contribution in [0.1, 0.15) is 45.4 Å². The van der Waals surface area contributed by atoms with Gasteiger partial charge in [-0.15, -0.1) is 0 Å². The number of aliphatic hydroxyl groups excluding tert-OH is 1. The second-order valence-corrected chi connectivity index (χ2v) is 6.50. The van der Waals surface area contributed by atoms with Gasteiger partial charge in [0.25, 0.3) is 0 Å². The van der Waals surface area contributed by atoms with E-state index in [0.717, 1.165) is 44.3 Å². The molecule has 3 aliphatic rings. The van der Waals surface area contributed by atoms with E-state index in [4.69, 9.17) is 0 Å². The van der Waals surface area contributed by atoms with E-state index in [-0.39, 0.29) is 23.5 Å². The molecule has 1 saturated heterocycles. The van der Waals surface area contributed by atoms with Crippen LogP contribution in [0.25, 0.3) is 0 Å². The number of aliphatic hydroxyl groups is 1. The van der Waals surface area contributed by atoms with E-state index in [9.17, 15) is 14.7 Å². The van der Waals surface area contributed by atoms with Crippen molar-refractivity contribution in [1.82, 2.24) is 4.90 Å². The summed E-state index contributed by atoms with van der Waals surface area (Å²) in [6, 6.07) is 0. The number of rotatable bonds is 0. The summed E-state index contributed by atoms with van der Waals surface area (Å²) in [4.78, 5) is 26.5. The highest BCUT2D eigenvalue weighted by Gasteiger charge is 2.39. The third kappa shape index (κ3) is 2.30. The number of carbonyl (C=O) groups is 2. The van der Waals surface area contributed by atoms with Gasteiger partial charge >= 0.3 is 0 Å². The molecule has 3 unspecified atom stereocenters. The molecule has 2 bridgehead atoms. The first kappa shape index (κ1) is 13.8. The van der Waals surface area contributed by atoms with Gasteiger partial charge in [0.2, 0.25) is 5.91 Å². The highest BCUT2D eigenvalue weighted by atomic mass is 16.3. The largest absolute Gasteiger partial charge is 0.392 e. The highest BCUT2D eigenvalue weighted by Crippen LogP contribution is 2.40. The van der Waals surface area contributed by atoms with E-state index in [1.807, 2.05) is 11.8 Å². The lowest BCUT2D eigenvalue weighted by Gasteiger charge is -2.30. The maximum absolute atomic E-state index is 12.3. The fourth-order valence-corrected chi connectivity index (χ4v) is 4.00. The second-order valence-electron chi connectivity index (χ2n) is 6.50. The van der Waals surface area contributed by atoms with E-state index in [0.29, 0.717) is 12.8 Å². The summed E-state index contributed by atoms with van der Waals surface area (Å²) in [6.45, 7) is 3.47. The fourth-order valence-electron chi connectivity index (χ4n) is 4.00. The SMILES string of the molecule is CC1CC(=O)N2CCCC3=C(CCC2)C(CC3=O)C1O. The molecule has 3 rings (SSSR count). The van der Waals surface area contributed by atoms with Crippen LogP contribution in [0.2, 0.25) is 0 Å². The average molecular weight is 277 g/mol. The van der Waals surface area contributed by atoms with Crippen LogP contribution in [0.4, 0.5) is 0 Å². The van der Waals surface area contributed by atoms with E-state index in [1.54, 1.807) is 0 Å². The molecule has 1 fully saturated rings. The van der Waals surface area contributed by atoms with Crippen LogP contribution in [0, 0.1) is 11.8 Å². The molecule has 1 amide bonds. The van der Waals surface area contributed by atoms with Crippen molar-refractivity contribution in [2.24, 2.45) is 11.8 Å². The number of fused-ring (bicyclic) bond motifs is 3. The lowest BCUT2D eigenvalue weighted by Crippen LogP contribution is -2.38. The highest BCUT2D eigenvalue weighted by molar-refractivity contribution is 5.99. The quantitative estimate of drug-likeness (QED) is 0.733. The molecule has 4 nitrogen and oxygen atoms in total. The van der Waals surface area contributed by atoms with Crippen LogP contribution >= 0.6 is 0 Å². The summed E-state index contributed by atoms with van der Waals surface area (Å²) in [7, 11) is 0. The predicted octanol–water partition coefficient (Wildman–Crippen LogP) is 1.68.